The Balaban J connectivity index is 2.79. The Morgan fingerprint density at radius 1 is 0.935 bits per heavy atom. The van der Waals surface area contributed by atoms with Gasteiger partial charge in [-0.3, -0.25) is 14.6 Å². The second-order valence-corrected chi connectivity index (χ2v) is 7.68. The number of carbonyl (C=O) groups is 2. The largest absolute Gasteiger partial charge is 0.567 e. The average Bonchev–Trinajstić information content (AvgIpc) is 2.73. The molecule has 0 aliphatic heterocycles. The van der Waals surface area contributed by atoms with Crippen LogP contribution in [0.25, 0.3) is 11.1 Å². The van der Waals surface area contributed by atoms with Gasteiger partial charge < -0.3 is 14.1 Å². The zero-order valence-corrected chi connectivity index (χ0v) is 19.7. The summed E-state index contributed by atoms with van der Waals surface area (Å²) >= 11 is 0. The maximum absolute atomic E-state index is 13.0. The van der Waals surface area contributed by atoms with Crippen molar-refractivity contribution in [3.05, 3.63) is 11.3 Å². The minimum atomic E-state index is -0.523. The van der Waals surface area contributed by atoms with E-state index in [0.29, 0.717) is 16.9 Å². The fraction of sp³-hybridized carbons (Fsp3) is 0.0667. The molecule has 0 bridgehead atoms. The molecule has 0 saturated carbocycles. The monoisotopic (exact) mass is 405 g/mol. The van der Waals surface area contributed by atoms with Gasteiger partial charge in [0.1, 0.15) is 51.5 Å². The van der Waals surface area contributed by atoms with E-state index in [1.54, 1.807) is 0 Å². The molecule has 0 unspecified atom stereocenters. The summed E-state index contributed by atoms with van der Waals surface area (Å²) in [7, 11) is 15.9. The van der Waals surface area contributed by atoms with Crippen molar-refractivity contribution in [1.82, 2.24) is 9.79 Å². The number of rotatable bonds is 5. The number of hydrogen-bond donors (Lipinski definition) is 0. The summed E-state index contributed by atoms with van der Waals surface area (Å²) in [6.45, 7) is -0.194. The van der Waals surface area contributed by atoms with Gasteiger partial charge in [0, 0.05) is 11.2 Å². The van der Waals surface area contributed by atoms with Crippen molar-refractivity contribution in [3.63, 3.8) is 0 Å². The number of pyridine rings is 1. The van der Waals surface area contributed by atoms with Crippen molar-refractivity contribution in [2.45, 2.75) is 0 Å². The molecule has 2 aromatic rings. The fourth-order valence-electron chi connectivity index (χ4n) is 4.00. The molecule has 1 amide bonds. The summed E-state index contributed by atoms with van der Waals surface area (Å²) in [4.78, 5) is 30.4. The van der Waals surface area contributed by atoms with E-state index >= 15 is 0 Å². The van der Waals surface area contributed by atoms with Crippen LogP contribution < -0.4 is 37.6 Å². The number of amides is 1. The zero-order chi connectivity index (χ0) is 23.6. The van der Waals surface area contributed by atoms with E-state index in [0.717, 1.165) is 38.4 Å². The molecule has 1 heterocycles. The van der Waals surface area contributed by atoms with Gasteiger partial charge in [-0.15, -0.1) is 0 Å². The molecular formula is C15H20B9N3O4. The molecule has 0 N–H and O–H groups in total. The lowest BCUT2D eigenvalue weighted by Crippen LogP contribution is -2.48. The van der Waals surface area contributed by atoms with Crippen molar-refractivity contribution in [1.29, 1.82) is 5.26 Å². The van der Waals surface area contributed by atoms with Gasteiger partial charge in [0.2, 0.25) is 7.98 Å². The Hall–Kier alpha value is -2.82. The number of nitrogens with zero attached hydrogens (tertiary/aromatic N) is 3. The lowest BCUT2D eigenvalue weighted by atomic mass is 9.61. The topological polar surface area (TPSA) is 92.5 Å². The molecule has 0 radical (unpaired) electrons. The Labute approximate surface area is 190 Å². The quantitative estimate of drug-likeness (QED) is 0.460. The second kappa shape index (κ2) is 9.55. The van der Waals surface area contributed by atoms with Gasteiger partial charge in [-0.05, 0) is 16.6 Å². The van der Waals surface area contributed by atoms with Gasteiger partial charge in [0.25, 0.3) is 5.91 Å². The maximum atomic E-state index is 13.0. The Morgan fingerprint density at radius 3 is 2.06 bits per heavy atom. The van der Waals surface area contributed by atoms with E-state index in [1.807, 2.05) is 47.1 Å². The SMILES string of the molecule is BOC(=O)CN(B)C(=O)c1nc(B)c(-c2c(B)c(B)c(B)c(C#N)c2B)c(B)c1OB. The normalized spacial score (nSPS) is 10.2. The molecular weight excluding hydrogens is 383 g/mol. The van der Waals surface area contributed by atoms with Crippen LogP contribution in [-0.2, 0) is 9.45 Å². The molecule has 0 aliphatic rings. The molecule has 16 heteroatoms. The standard InChI is InChI=1S/C15H20B9N3O4/c16-7-3(1-25)8(17)11(20)9(18)5(7)6-10(19)13(31-24)12(26-14(6)21)15(29)27(22)2-4(28)30-23/h2,16-24H2. The third kappa shape index (κ3) is 4.32. The Bertz CT molecular complexity index is 1140. The smallest absolute Gasteiger partial charge is 0.326 e. The lowest BCUT2D eigenvalue weighted by molar-refractivity contribution is -0.133. The van der Waals surface area contributed by atoms with Gasteiger partial charge >= 0.3 is 22.1 Å². The van der Waals surface area contributed by atoms with E-state index in [9.17, 15) is 14.9 Å². The van der Waals surface area contributed by atoms with Gasteiger partial charge in [0.05, 0.1) is 6.07 Å². The van der Waals surface area contributed by atoms with Crippen LogP contribution in [0.4, 0.5) is 0 Å². The van der Waals surface area contributed by atoms with Crippen LogP contribution in [0.3, 0.4) is 0 Å². The molecule has 0 spiro atoms. The summed E-state index contributed by atoms with van der Waals surface area (Å²) in [5.41, 5.74) is 7.91. The highest BCUT2D eigenvalue weighted by Gasteiger charge is 2.26. The van der Waals surface area contributed by atoms with Crippen LogP contribution in [-0.4, -0.2) is 99.4 Å². The van der Waals surface area contributed by atoms with Crippen molar-refractivity contribution in [3.8, 4) is 22.9 Å². The molecule has 31 heavy (non-hydrogen) atoms. The van der Waals surface area contributed by atoms with Gasteiger partial charge in [-0.25, -0.2) is 0 Å². The second-order valence-electron chi connectivity index (χ2n) is 7.68. The lowest BCUT2D eigenvalue weighted by Gasteiger charge is -2.25. The predicted molar refractivity (Wildman–Crippen MR) is 147 cm³/mol. The van der Waals surface area contributed by atoms with Crippen molar-refractivity contribution in [2.24, 2.45) is 0 Å². The molecule has 1 aromatic heterocycles. The minimum absolute atomic E-state index is 0.132. The average molecular weight is 404 g/mol. The summed E-state index contributed by atoms with van der Waals surface area (Å²) in [6.07, 6.45) is 0. The summed E-state index contributed by atoms with van der Waals surface area (Å²) in [6, 6.07) is 2.32. The molecule has 0 fully saturated rings. The highest BCUT2D eigenvalue weighted by atomic mass is 16.5. The Morgan fingerprint density at radius 2 is 1.55 bits per heavy atom. The predicted octanol–water partition coefficient (Wildman–Crippen LogP) is -11.8. The summed E-state index contributed by atoms with van der Waals surface area (Å²) < 4.78 is 10.2. The maximum Gasteiger partial charge on any atom is 0.326 e. The third-order valence-electron chi connectivity index (χ3n) is 5.91. The number of hydrogen-bond acceptors (Lipinski definition) is 6. The number of nitriles is 1. The van der Waals surface area contributed by atoms with E-state index in [4.69, 9.17) is 4.65 Å². The first kappa shape index (κ1) is 24.5. The molecule has 7 nitrogen and oxygen atoms in total. The first-order valence-corrected chi connectivity index (χ1v) is 9.89. The van der Waals surface area contributed by atoms with Crippen molar-refractivity contribution >= 4 is 116 Å². The van der Waals surface area contributed by atoms with Crippen LogP contribution in [0, 0.1) is 11.3 Å². The van der Waals surface area contributed by atoms with E-state index in [-0.39, 0.29) is 12.2 Å². The van der Waals surface area contributed by atoms with Crippen LogP contribution in [0.15, 0.2) is 0 Å². The third-order valence-corrected chi connectivity index (χ3v) is 5.91. The van der Waals surface area contributed by atoms with E-state index in [2.05, 4.69) is 15.7 Å². The molecule has 0 atom stereocenters. The number of aromatic nitrogens is 1. The molecule has 0 saturated heterocycles. The van der Waals surface area contributed by atoms with Gasteiger partial charge in [0.15, 0.2) is 13.5 Å². The number of carbonyl (C=O) groups excluding carboxylic acids is 2. The highest BCUT2D eigenvalue weighted by molar-refractivity contribution is 6.63. The van der Waals surface area contributed by atoms with Crippen molar-refractivity contribution in [2.75, 3.05) is 6.54 Å². The highest BCUT2D eigenvalue weighted by Crippen LogP contribution is 2.20. The van der Waals surface area contributed by atoms with Gasteiger partial charge in [-0.2, -0.15) is 5.26 Å². The Kier molecular flexibility index (Phi) is 7.53. The molecule has 0 aliphatic carbocycles. The summed E-state index contributed by atoms with van der Waals surface area (Å²) in [5, 5.41) is 9.72. The molecule has 2 rings (SSSR count). The first-order valence-electron chi connectivity index (χ1n) is 9.89. The molecule has 146 valence electrons. The van der Waals surface area contributed by atoms with Crippen LogP contribution in [0.5, 0.6) is 5.75 Å². The van der Waals surface area contributed by atoms with E-state index < -0.39 is 11.9 Å². The van der Waals surface area contributed by atoms with Crippen LogP contribution in [0.1, 0.15) is 16.1 Å². The van der Waals surface area contributed by atoms with Crippen molar-refractivity contribution < 1.29 is 18.9 Å². The minimum Gasteiger partial charge on any atom is -0.567 e. The number of benzene rings is 1. The van der Waals surface area contributed by atoms with Crippen LogP contribution in [0.2, 0.25) is 0 Å². The van der Waals surface area contributed by atoms with E-state index in [1.165, 1.54) is 28.9 Å². The zero-order valence-electron chi connectivity index (χ0n) is 19.7. The molecule has 1 aromatic carbocycles. The van der Waals surface area contributed by atoms with Crippen LogP contribution >= 0.6 is 0 Å². The summed E-state index contributed by atoms with van der Waals surface area (Å²) in [5.74, 6) is -0.616. The van der Waals surface area contributed by atoms with Gasteiger partial charge in [-0.1, -0.05) is 21.9 Å². The first-order chi connectivity index (χ1) is 14.5. The fourth-order valence-corrected chi connectivity index (χ4v) is 4.00.